The average Bonchev–Trinajstić information content (AvgIpc) is 2.64. The normalized spacial score (nSPS) is 7.33. The maximum absolute atomic E-state index is 4.36. The Hall–Kier alpha value is -1.71. The van der Waals surface area contributed by atoms with Crippen LogP contribution in [-0.4, -0.2) is 15.2 Å². The van der Waals surface area contributed by atoms with E-state index >= 15 is 0 Å². The van der Waals surface area contributed by atoms with Crippen LogP contribution >= 0.6 is 0 Å². The average molecular weight is 165 g/mol. The molecule has 0 saturated heterocycles. The Labute approximate surface area is 71.3 Å². The maximum Gasteiger partial charge on any atom is 0.203 e. The number of hydrogen-bond donors (Lipinski definition) is 0. The quantitative estimate of drug-likeness (QED) is 0.597. The molecular weight excluding hydrogens is 154 g/mol. The van der Waals surface area contributed by atoms with E-state index in [2.05, 4.69) is 19.6 Å². The fraction of sp³-hybridized carbons (Fsp3) is 0.125. The molecule has 2 heterocycles. The lowest BCUT2D eigenvalue weighted by molar-refractivity contribution is 0.553. The zero-order valence-corrected chi connectivity index (χ0v) is 5.79. The number of nitrogens with zero attached hydrogens (tertiary/aromatic N) is 3. The molecule has 0 saturated carbocycles. The van der Waals surface area contributed by atoms with Gasteiger partial charge < -0.3 is 4.42 Å². The molecule has 2 rings (SSSR count). The summed E-state index contributed by atoms with van der Waals surface area (Å²) in [7, 11) is 0. The van der Waals surface area contributed by atoms with Crippen LogP contribution in [0.3, 0.4) is 0 Å². The zero-order chi connectivity index (χ0) is 7.78. The first-order chi connectivity index (χ1) is 5.50. The minimum absolute atomic E-state index is 0. The van der Waals surface area contributed by atoms with Gasteiger partial charge in [-0.2, -0.15) is 0 Å². The zero-order valence-electron chi connectivity index (χ0n) is 5.79. The number of aromatic nitrogens is 3. The third-order valence-corrected chi connectivity index (χ3v) is 0.849. The van der Waals surface area contributed by atoms with Crippen molar-refractivity contribution in [3.63, 3.8) is 0 Å². The van der Waals surface area contributed by atoms with E-state index in [1.54, 1.807) is 12.4 Å². The molecule has 0 radical (unpaired) electrons. The Morgan fingerprint density at radius 3 is 1.58 bits per heavy atom. The van der Waals surface area contributed by atoms with Gasteiger partial charge in [0.25, 0.3) is 0 Å². The van der Waals surface area contributed by atoms with Crippen LogP contribution < -0.4 is 0 Å². The monoisotopic (exact) mass is 165 g/mol. The summed E-state index contributed by atoms with van der Waals surface area (Å²) in [6.45, 7) is 0. The molecule has 0 aromatic carbocycles. The van der Waals surface area contributed by atoms with E-state index in [1.165, 1.54) is 12.8 Å². The fourth-order valence-electron chi connectivity index (χ4n) is 0.449. The van der Waals surface area contributed by atoms with Crippen LogP contribution in [0.5, 0.6) is 0 Å². The van der Waals surface area contributed by atoms with Crippen molar-refractivity contribution >= 4 is 0 Å². The minimum Gasteiger partial charge on any atom is -0.431 e. The Morgan fingerprint density at radius 1 is 0.833 bits per heavy atom. The number of rotatable bonds is 0. The minimum atomic E-state index is 0. The van der Waals surface area contributed by atoms with Crippen LogP contribution in [0.4, 0.5) is 0 Å². The van der Waals surface area contributed by atoms with Gasteiger partial charge in [0.15, 0.2) is 0 Å². The highest BCUT2D eigenvalue weighted by Gasteiger charge is 1.60. The van der Waals surface area contributed by atoms with E-state index < -0.39 is 0 Å². The summed E-state index contributed by atoms with van der Waals surface area (Å²) >= 11 is 0. The molecule has 0 fully saturated rings. The lowest BCUT2D eigenvalue weighted by Gasteiger charge is -1.70. The summed E-state index contributed by atoms with van der Waals surface area (Å²) in [4.78, 5) is 3.78. The molecule has 64 valence electrons. The molecule has 0 N–H and O–H groups in total. The summed E-state index contributed by atoms with van der Waals surface area (Å²) in [5.41, 5.74) is 0. The molecule has 0 aliphatic heterocycles. The van der Waals surface area contributed by atoms with E-state index in [-0.39, 0.29) is 7.43 Å². The van der Waals surface area contributed by atoms with E-state index in [9.17, 15) is 0 Å². The summed E-state index contributed by atoms with van der Waals surface area (Å²) < 4.78 is 4.36. The number of pyridine rings is 1. The van der Waals surface area contributed by atoms with Crippen molar-refractivity contribution in [1.29, 1.82) is 0 Å². The largest absolute Gasteiger partial charge is 0.431 e. The summed E-state index contributed by atoms with van der Waals surface area (Å²) in [6.07, 6.45) is 6.03. The SMILES string of the molecule is C.c1ccncc1.c1nnco1. The second-order valence-electron chi connectivity index (χ2n) is 1.60. The second-order valence-corrected chi connectivity index (χ2v) is 1.60. The molecule has 0 aliphatic carbocycles. The van der Waals surface area contributed by atoms with Gasteiger partial charge in [0.1, 0.15) is 0 Å². The first kappa shape index (κ1) is 10.3. The molecule has 0 spiro atoms. The lowest BCUT2D eigenvalue weighted by atomic mass is 10.5. The maximum atomic E-state index is 4.36. The van der Waals surface area contributed by atoms with Crippen molar-refractivity contribution in [2.24, 2.45) is 0 Å². The second kappa shape index (κ2) is 7.40. The van der Waals surface area contributed by atoms with Crippen LogP contribution in [0.25, 0.3) is 0 Å². The predicted molar refractivity (Wildman–Crippen MR) is 45.3 cm³/mol. The highest BCUT2D eigenvalue weighted by Crippen LogP contribution is 1.73. The Bertz CT molecular complexity index is 200. The molecule has 4 heteroatoms. The highest BCUT2D eigenvalue weighted by atomic mass is 16.3. The summed E-state index contributed by atoms with van der Waals surface area (Å²) in [5, 5.41) is 6.61. The van der Waals surface area contributed by atoms with Gasteiger partial charge in [-0.3, -0.25) is 4.98 Å². The first-order valence-corrected chi connectivity index (χ1v) is 3.04. The third-order valence-electron chi connectivity index (χ3n) is 0.849. The highest BCUT2D eigenvalue weighted by molar-refractivity contribution is 4.88. The molecule has 0 amide bonds. The van der Waals surface area contributed by atoms with Crippen molar-refractivity contribution in [2.45, 2.75) is 7.43 Å². The molecule has 0 aliphatic rings. The van der Waals surface area contributed by atoms with Crippen LogP contribution in [0.15, 0.2) is 47.8 Å². The van der Waals surface area contributed by atoms with E-state index in [0.29, 0.717) is 0 Å². The van der Waals surface area contributed by atoms with Crippen molar-refractivity contribution < 1.29 is 4.42 Å². The number of hydrogen-bond acceptors (Lipinski definition) is 4. The van der Waals surface area contributed by atoms with Gasteiger partial charge in [-0.25, -0.2) is 0 Å². The lowest BCUT2D eigenvalue weighted by Crippen LogP contribution is -1.58. The molecule has 0 atom stereocenters. The van der Waals surface area contributed by atoms with Crippen molar-refractivity contribution in [2.75, 3.05) is 0 Å². The summed E-state index contributed by atoms with van der Waals surface area (Å²) in [6, 6.07) is 5.72. The van der Waals surface area contributed by atoms with Gasteiger partial charge in [-0.1, -0.05) is 13.5 Å². The third kappa shape index (κ3) is 5.10. The Morgan fingerprint density at radius 2 is 1.42 bits per heavy atom. The van der Waals surface area contributed by atoms with Crippen molar-refractivity contribution in [1.82, 2.24) is 15.2 Å². The Kier molecular flexibility index (Phi) is 6.34. The van der Waals surface area contributed by atoms with Gasteiger partial charge in [0, 0.05) is 12.4 Å². The van der Waals surface area contributed by atoms with E-state index in [0.717, 1.165) is 0 Å². The Balaban J connectivity index is 0.000000189. The molecule has 0 unspecified atom stereocenters. The molecule has 2 aromatic heterocycles. The van der Waals surface area contributed by atoms with Gasteiger partial charge in [-0.15, -0.1) is 10.2 Å². The predicted octanol–water partition coefficient (Wildman–Crippen LogP) is 1.79. The molecule has 0 bridgehead atoms. The van der Waals surface area contributed by atoms with Gasteiger partial charge in [0.2, 0.25) is 12.8 Å². The van der Waals surface area contributed by atoms with Gasteiger partial charge in [-0.05, 0) is 12.1 Å². The van der Waals surface area contributed by atoms with E-state index in [4.69, 9.17) is 0 Å². The topological polar surface area (TPSA) is 51.8 Å². The molecular formula is C8H11N3O. The van der Waals surface area contributed by atoms with Crippen LogP contribution in [-0.2, 0) is 0 Å². The van der Waals surface area contributed by atoms with Crippen LogP contribution in [0.2, 0.25) is 0 Å². The summed E-state index contributed by atoms with van der Waals surface area (Å²) in [5.74, 6) is 0. The van der Waals surface area contributed by atoms with Crippen LogP contribution in [0.1, 0.15) is 7.43 Å². The van der Waals surface area contributed by atoms with Gasteiger partial charge in [0.05, 0.1) is 0 Å². The molecule has 2 aromatic rings. The van der Waals surface area contributed by atoms with Crippen molar-refractivity contribution in [3.8, 4) is 0 Å². The molecule has 12 heavy (non-hydrogen) atoms. The smallest absolute Gasteiger partial charge is 0.203 e. The fourth-order valence-corrected chi connectivity index (χ4v) is 0.449. The van der Waals surface area contributed by atoms with Crippen molar-refractivity contribution in [3.05, 3.63) is 43.4 Å². The standard InChI is InChI=1S/C5H5N.C2H2N2O.CH4/c1-2-4-6-5-3-1;1-3-4-2-5-1;/h1-5H;1-2H;1H4. The molecule has 4 nitrogen and oxygen atoms in total. The van der Waals surface area contributed by atoms with Crippen LogP contribution in [0, 0.1) is 0 Å². The van der Waals surface area contributed by atoms with E-state index in [1.807, 2.05) is 18.2 Å². The first-order valence-electron chi connectivity index (χ1n) is 3.04. The van der Waals surface area contributed by atoms with Gasteiger partial charge >= 0.3 is 0 Å².